The fourth-order valence-corrected chi connectivity index (χ4v) is 1.61. The summed E-state index contributed by atoms with van der Waals surface area (Å²) in [6.07, 6.45) is 1.67. The van der Waals surface area contributed by atoms with E-state index in [4.69, 9.17) is 4.74 Å². The van der Waals surface area contributed by atoms with Crippen molar-refractivity contribution in [1.29, 1.82) is 0 Å². The minimum atomic E-state index is -0.421. The Morgan fingerprint density at radius 2 is 2.18 bits per heavy atom. The van der Waals surface area contributed by atoms with Crippen molar-refractivity contribution in [2.24, 2.45) is 0 Å². The highest BCUT2D eigenvalue weighted by Crippen LogP contribution is 2.14. The standard InChI is InChI=1S/C12H13N3O2/c1-8-5-4-6-13-11(8)15-10(12(16)17-3)7-9(2)14-15/h4-7H,1-3H3. The normalized spacial score (nSPS) is 10.3. The van der Waals surface area contributed by atoms with Gasteiger partial charge in [0.25, 0.3) is 0 Å². The summed E-state index contributed by atoms with van der Waals surface area (Å²) in [5.41, 5.74) is 2.07. The number of hydrogen-bond donors (Lipinski definition) is 0. The van der Waals surface area contributed by atoms with E-state index in [0.717, 1.165) is 11.3 Å². The number of ether oxygens (including phenoxy) is 1. The third-order valence-corrected chi connectivity index (χ3v) is 2.41. The number of aryl methyl sites for hydroxylation is 2. The second-order valence-corrected chi connectivity index (χ2v) is 3.72. The molecule has 2 rings (SSSR count). The Hall–Kier alpha value is -2.17. The van der Waals surface area contributed by atoms with Crippen LogP contribution in [0.25, 0.3) is 5.82 Å². The summed E-state index contributed by atoms with van der Waals surface area (Å²) in [5.74, 6) is 0.219. The lowest BCUT2D eigenvalue weighted by atomic mass is 10.3. The van der Waals surface area contributed by atoms with Crippen LogP contribution in [0.3, 0.4) is 0 Å². The zero-order chi connectivity index (χ0) is 12.4. The largest absolute Gasteiger partial charge is 0.464 e. The van der Waals surface area contributed by atoms with Crippen molar-refractivity contribution in [2.45, 2.75) is 13.8 Å². The van der Waals surface area contributed by atoms with E-state index in [0.29, 0.717) is 11.5 Å². The van der Waals surface area contributed by atoms with Crippen molar-refractivity contribution in [3.63, 3.8) is 0 Å². The number of nitrogens with zero attached hydrogens (tertiary/aromatic N) is 3. The summed E-state index contributed by atoms with van der Waals surface area (Å²) in [7, 11) is 1.35. The first-order chi connectivity index (χ1) is 8.13. The Labute approximate surface area is 99.1 Å². The molecule has 0 aromatic carbocycles. The Morgan fingerprint density at radius 3 is 2.82 bits per heavy atom. The van der Waals surface area contributed by atoms with E-state index in [2.05, 4.69) is 10.1 Å². The summed E-state index contributed by atoms with van der Waals surface area (Å²) in [5, 5.41) is 4.26. The van der Waals surface area contributed by atoms with Gasteiger partial charge in [0.05, 0.1) is 12.8 Å². The third-order valence-electron chi connectivity index (χ3n) is 2.41. The molecule has 5 nitrogen and oxygen atoms in total. The molecule has 0 atom stereocenters. The quantitative estimate of drug-likeness (QED) is 0.738. The summed E-state index contributed by atoms with van der Waals surface area (Å²) < 4.78 is 6.23. The minimum absolute atomic E-state index is 0.381. The van der Waals surface area contributed by atoms with Crippen molar-refractivity contribution in [2.75, 3.05) is 7.11 Å². The first-order valence-corrected chi connectivity index (χ1v) is 5.20. The average Bonchev–Trinajstić information content (AvgIpc) is 2.71. The van der Waals surface area contributed by atoms with Crippen LogP contribution in [0.5, 0.6) is 0 Å². The van der Waals surface area contributed by atoms with Gasteiger partial charge in [-0.05, 0) is 31.5 Å². The van der Waals surface area contributed by atoms with E-state index in [1.807, 2.05) is 26.0 Å². The lowest BCUT2D eigenvalue weighted by Crippen LogP contribution is -2.12. The molecule has 0 N–H and O–H groups in total. The molecule has 0 aliphatic heterocycles. The Kier molecular flexibility index (Phi) is 2.91. The van der Waals surface area contributed by atoms with Gasteiger partial charge >= 0.3 is 5.97 Å². The first-order valence-electron chi connectivity index (χ1n) is 5.20. The Morgan fingerprint density at radius 1 is 1.41 bits per heavy atom. The van der Waals surface area contributed by atoms with Crippen LogP contribution >= 0.6 is 0 Å². The summed E-state index contributed by atoms with van der Waals surface area (Å²) in [4.78, 5) is 15.9. The zero-order valence-corrected chi connectivity index (χ0v) is 9.97. The highest BCUT2D eigenvalue weighted by molar-refractivity contribution is 5.88. The van der Waals surface area contributed by atoms with Crippen molar-refractivity contribution in [3.8, 4) is 5.82 Å². The van der Waals surface area contributed by atoms with Gasteiger partial charge in [0.15, 0.2) is 11.5 Å². The van der Waals surface area contributed by atoms with Crippen molar-refractivity contribution in [1.82, 2.24) is 14.8 Å². The first kappa shape index (κ1) is 11.3. The van der Waals surface area contributed by atoms with Crippen molar-refractivity contribution in [3.05, 3.63) is 41.3 Å². The maximum Gasteiger partial charge on any atom is 0.356 e. The smallest absolute Gasteiger partial charge is 0.356 e. The molecule has 17 heavy (non-hydrogen) atoms. The van der Waals surface area contributed by atoms with Crippen LogP contribution in [0.4, 0.5) is 0 Å². The summed E-state index contributed by atoms with van der Waals surface area (Å²) >= 11 is 0. The molecule has 0 radical (unpaired) electrons. The number of carbonyl (C=O) groups is 1. The highest BCUT2D eigenvalue weighted by atomic mass is 16.5. The third kappa shape index (κ3) is 2.04. The van der Waals surface area contributed by atoms with Crippen LogP contribution < -0.4 is 0 Å². The lowest BCUT2D eigenvalue weighted by Gasteiger charge is -2.07. The minimum Gasteiger partial charge on any atom is -0.464 e. The van der Waals surface area contributed by atoms with Gasteiger partial charge < -0.3 is 4.74 Å². The van der Waals surface area contributed by atoms with Crippen LogP contribution in [-0.4, -0.2) is 27.8 Å². The molecule has 5 heteroatoms. The van der Waals surface area contributed by atoms with Crippen molar-refractivity contribution < 1.29 is 9.53 Å². The van der Waals surface area contributed by atoms with Gasteiger partial charge in [-0.15, -0.1) is 0 Å². The molecule has 0 aliphatic rings. The van der Waals surface area contributed by atoms with Gasteiger partial charge in [-0.2, -0.15) is 5.10 Å². The van der Waals surface area contributed by atoms with Gasteiger partial charge in [-0.1, -0.05) is 6.07 Å². The number of rotatable bonds is 2. The van der Waals surface area contributed by atoms with Crippen LogP contribution in [-0.2, 0) is 4.74 Å². The summed E-state index contributed by atoms with van der Waals surface area (Å²) in [6.45, 7) is 3.74. The molecule has 0 fully saturated rings. The SMILES string of the molecule is COC(=O)c1cc(C)nn1-c1ncccc1C. The van der Waals surface area contributed by atoms with E-state index in [1.165, 1.54) is 11.8 Å². The molecule has 0 aliphatic carbocycles. The maximum atomic E-state index is 11.6. The second-order valence-electron chi connectivity index (χ2n) is 3.72. The lowest BCUT2D eigenvalue weighted by molar-refractivity contribution is 0.0590. The molecule has 0 saturated carbocycles. The van der Waals surface area contributed by atoms with Gasteiger partial charge in [-0.3, -0.25) is 0 Å². The molecule has 0 saturated heterocycles. The number of methoxy groups -OCH3 is 1. The molecule has 0 bridgehead atoms. The molecular weight excluding hydrogens is 218 g/mol. The fourth-order valence-electron chi connectivity index (χ4n) is 1.61. The predicted molar refractivity (Wildman–Crippen MR) is 62.2 cm³/mol. The van der Waals surface area contributed by atoms with E-state index in [1.54, 1.807) is 12.3 Å². The topological polar surface area (TPSA) is 57.0 Å². The van der Waals surface area contributed by atoms with Gasteiger partial charge in [-0.25, -0.2) is 14.5 Å². The van der Waals surface area contributed by atoms with Gasteiger partial charge in [0.1, 0.15) is 0 Å². The number of hydrogen-bond acceptors (Lipinski definition) is 4. The number of carbonyl (C=O) groups excluding carboxylic acids is 1. The van der Waals surface area contributed by atoms with Crippen LogP contribution in [0.15, 0.2) is 24.4 Å². The van der Waals surface area contributed by atoms with Crippen LogP contribution in [0, 0.1) is 13.8 Å². The van der Waals surface area contributed by atoms with Crippen LogP contribution in [0.1, 0.15) is 21.7 Å². The number of aromatic nitrogens is 3. The monoisotopic (exact) mass is 231 g/mol. The molecular formula is C12H13N3O2. The average molecular weight is 231 g/mol. The van der Waals surface area contributed by atoms with Crippen molar-refractivity contribution >= 4 is 5.97 Å². The molecule has 2 aromatic heterocycles. The molecule has 88 valence electrons. The highest BCUT2D eigenvalue weighted by Gasteiger charge is 2.17. The zero-order valence-electron chi connectivity index (χ0n) is 9.97. The van der Waals surface area contributed by atoms with Crippen LogP contribution in [0.2, 0.25) is 0 Å². The molecule has 0 unspecified atom stereocenters. The molecule has 2 heterocycles. The molecule has 0 amide bonds. The number of esters is 1. The van der Waals surface area contributed by atoms with E-state index in [9.17, 15) is 4.79 Å². The van der Waals surface area contributed by atoms with E-state index in [-0.39, 0.29) is 0 Å². The van der Waals surface area contributed by atoms with Gasteiger partial charge in [0, 0.05) is 6.20 Å². The van der Waals surface area contributed by atoms with Gasteiger partial charge in [0.2, 0.25) is 0 Å². The second kappa shape index (κ2) is 4.37. The predicted octanol–water partition coefficient (Wildman–Crippen LogP) is 1.67. The molecule has 2 aromatic rings. The van der Waals surface area contributed by atoms with E-state index >= 15 is 0 Å². The van der Waals surface area contributed by atoms with E-state index < -0.39 is 5.97 Å². The maximum absolute atomic E-state index is 11.6. The fraction of sp³-hybridized carbons (Fsp3) is 0.250. The Bertz CT molecular complexity index is 561. The Balaban J connectivity index is 2.60. The molecule has 0 spiro atoms. The summed E-state index contributed by atoms with van der Waals surface area (Å²) in [6, 6.07) is 5.44. The number of pyridine rings is 1.